The summed E-state index contributed by atoms with van der Waals surface area (Å²) in [7, 11) is 0. The molecule has 1 saturated carbocycles. The Bertz CT molecular complexity index is 1050. The highest BCUT2D eigenvalue weighted by Crippen LogP contribution is 2.38. The Kier molecular flexibility index (Phi) is 5.51. The summed E-state index contributed by atoms with van der Waals surface area (Å²) in [6, 6.07) is 9.87. The van der Waals surface area contributed by atoms with Gasteiger partial charge in [0.05, 0.1) is 11.7 Å². The molecule has 168 valence electrons. The summed E-state index contributed by atoms with van der Waals surface area (Å²) >= 11 is 6.02. The molecule has 0 saturated heterocycles. The van der Waals surface area contributed by atoms with Crippen LogP contribution in [0.5, 0.6) is 0 Å². The van der Waals surface area contributed by atoms with Crippen LogP contribution in [-0.2, 0) is 6.18 Å². The molecule has 3 aliphatic rings. The standard InChI is InChI=1S/C23H23ClF3N5/c24-15-5-7-16(8-6-15)29-21-17-9-12-32(22-18(23(25,26)27)2-1-11-28-22)13-10-19(17)30-20(31-21)14-3-4-14/h1-2,5-8,10-11,13-14,20-21,29-31H,3-4,9,12H2. The van der Waals surface area contributed by atoms with Gasteiger partial charge in [0.1, 0.15) is 12.0 Å². The van der Waals surface area contributed by atoms with E-state index in [2.05, 4.69) is 20.9 Å². The first-order chi connectivity index (χ1) is 15.4. The van der Waals surface area contributed by atoms with Gasteiger partial charge in [-0.1, -0.05) is 11.6 Å². The molecule has 2 aromatic rings. The van der Waals surface area contributed by atoms with Gasteiger partial charge in [0, 0.05) is 35.3 Å². The van der Waals surface area contributed by atoms with Crippen LogP contribution in [0.15, 0.2) is 66.1 Å². The van der Waals surface area contributed by atoms with E-state index < -0.39 is 11.7 Å². The first kappa shape index (κ1) is 21.2. The largest absolute Gasteiger partial charge is 0.419 e. The molecule has 1 aromatic carbocycles. The average Bonchev–Trinajstić information content (AvgIpc) is 3.62. The molecule has 1 aromatic heterocycles. The quantitative estimate of drug-likeness (QED) is 0.591. The van der Waals surface area contributed by atoms with Crippen molar-refractivity contribution in [2.45, 2.75) is 37.8 Å². The Labute approximate surface area is 189 Å². The van der Waals surface area contributed by atoms with Gasteiger partial charge in [0.2, 0.25) is 0 Å². The number of nitrogens with zero attached hydrogens (tertiary/aromatic N) is 2. The van der Waals surface area contributed by atoms with Crippen LogP contribution in [0.25, 0.3) is 0 Å². The smallest absolute Gasteiger partial charge is 0.369 e. The molecule has 32 heavy (non-hydrogen) atoms. The third-order valence-electron chi connectivity index (χ3n) is 6.01. The zero-order chi connectivity index (χ0) is 22.3. The number of nitrogens with one attached hydrogen (secondary N) is 3. The third kappa shape index (κ3) is 4.42. The molecule has 2 aliphatic heterocycles. The number of halogens is 4. The van der Waals surface area contributed by atoms with Crippen molar-refractivity contribution in [3.63, 3.8) is 0 Å². The average molecular weight is 462 g/mol. The Balaban J connectivity index is 1.42. The normalized spacial score (nSPS) is 23.4. The van der Waals surface area contributed by atoms with E-state index in [0.29, 0.717) is 23.9 Å². The lowest BCUT2D eigenvalue weighted by Crippen LogP contribution is -2.56. The fourth-order valence-electron chi connectivity index (χ4n) is 4.20. The van der Waals surface area contributed by atoms with Gasteiger partial charge in [-0.05, 0) is 73.2 Å². The molecule has 1 fully saturated rings. The molecule has 3 heterocycles. The molecule has 9 heteroatoms. The van der Waals surface area contributed by atoms with Crippen molar-refractivity contribution in [3.8, 4) is 0 Å². The van der Waals surface area contributed by atoms with Crippen molar-refractivity contribution in [2.24, 2.45) is 5.92 Å². The highest BCUT2D eigenvalue weighted by Gasteiger charge is 2.39. The third-order valence-corrected chi connectivity index (χ3v) is 6.26. The minimum absolute atomic E-state index is 0.0787. The summed E-state index contributed by atoms with van der Waals surface area (Å²) in [6.07, 6.45) is 3.32. The van der Waals surface area contributed by atoms with Gasteiger partial charge in [0.15, 0.2) is 0 Å². The monoisotopic (exact) mass is 461 g/mol. The second-order valence-electron chi connectivity index (χ2n) is 8.28. The van der Waals surface area contributed by atoms with Crippen molar-refractivity contribution in [1.29, 1.82) is 0 Å². The van der Waals surface area contributed by atoms with Crippen LogP contribution in [0.1, 0.15) is 24.8 Å². The van der Waals surface area contributed by atoms with Crippen molar-refractivity contribution in [1.82, 2.24) is 15.6 Å². The number of hydrogen-bond donors (Lipinski definition) is 3. The first-order valence-corrected chi connectivity index (χ1v) is 11.0. The number of anilines is 2. The van der Waals surface area contributed by atoms with Crippen molar-refractivity contribution >= 4 is 23.1 Å². The summed E-state index contributed by atoms with van der Waals surface area (Å²) in [6.45, 7) is 0.381. The van der Waals surface area contributed by atoms with Crippen LogP contribution in [0.3, 0.4) is 0 Å². The van der Waals surface area contributed by atoms with Crippen LogP contribution >= 0.6 is 11.6 Å². The van der Waals surface area contributed by atoms with E-state index in [4.69, 9.17) is 11.6 Å². The van der Waals surface area contributed by atoms with Gasteiger partial charge in [-0.15, -0.1) is 0 Å². The lowest BCUT2D eigenvalue weighted by atomic mass is 10.0. The predicted octanol–water partition coefficient (Wildman–Crippen LogP) is 5.10. The van der Waals surface area contributed by atoms with E-state index in [1.165, 1.54) is 12.3 Å². The summed E-state index contributed by atoms with van der Waals surface area (Å²) in [5.74, 6) is 0.462. The topological polar surface area (TPSA) is 52.2 Å². The highest BCUT2D eigenvalue weighted by atomic mass is 35.5. The Hall–Kier alpha value is -2.71. The van der Waals surface area contributed by atoms with Crippen molar-refractivity contribution in [2.75, 3.05) is 16.8 Å². The maximum atomic E-state index is 13.5. The number of rotatable bonds is 4. The first-order valence-electron chi connectivity index (χ1n) is 10.6. The van der Waals surface area contributed by atoms with E-state index in [0.717, 1.165) is 35.9 Å². The van der Waals surface area contributed by atoms with Gasteiger partial charge in [-0.25, -0.2) is 4.98 Å². The molecule has 0 radical (unpaired) electrons. The second kappa shape index (κ2) is 8.33. The SMILES string of the molecule is FC(F)(F)c1cccnc1N1C=CC2=C(CC1)C(Nc1ccc(Cl)cc1)NC(C1CC1)N2. The fourth-order valence-corrected chi connectivity index (χ4v) is 4.33. The van der Waals surface area contributed by atoms with Crippen molar-refractivity contribution in [3.05, 3.63) is 76.7 Å². The number of alkyl halides is 3. The fraction of sp³-hybridized carbons (Fsp3) is 0.348. The number of aromatic nitrogens is 1. The van der Waals surface area contributed by atoms with E-state index in [1.807, 2.05) is 30.3 Å². The molecule has 5 rings (SSSR count). The summed E-state index contributed by atoms with van der Waals surface area (Å²) in [5, 5.41) is 11.4. The van der Waals surface area contributed by atoms with Crippen molar-refractivity contribution < 1.29 is 13.2 Å². The zero-order valence-electron chi connectivity index (χ0n) is 17.2. The summed E-state index contributed by atoms with van der Waals surface area (Å²) in [4.78, 5) is 5.63. The van der Waals surface area contributed by atoms with Gasteiger partial charge < -0.3 is 15.5 Å². The van der Waals surface area contributed by atoms with Gasteiger partial charge in [-0.3, -0.25) is 5.32 Å². The van der Waals surface area contributed by atoms with Crippen LogP contribution in [0, 0.1) is 5.92 Å². The highest BCUT2D eigenvalue weighted by molar-refractivity contribution is 6.30. The molecule has 3 N–H and O–H groups in total. The zero-order valence-corrected chi connectivity index (χ0v) is 17.9. The Morgan fingerprint density at radius 3 is 2.62 bits per heavy atom. The Morgan fingerprint density at radius 2 is 1.91 bits per heavy atom. The van der Waals surface area contributed by atoms with Crippen LogP contribution in [0.4, 0.5) is 24.7 Å². The maximum Gasteiger partial charge on any atom is 0.419 e. The number of allylic oxidation sites excluding steroid dienone is 1. The molecule has 0 amide bonds. The maximum absolute atomic E-state index is 13.5. The molecule has 2 unspecified atom stereocenters. The molecule has 1 aliphatic carbocycles. The summed E-state index contributed by atoms with van der Waals surface area (Å²) < 4.78 is 40.6. The van der Waals surface area contributed by atoms with E-state index in [9.17, 15) is 13.2 Å². The number of benzene rings is 1. The molecule has 5 nitrogen and oxygen atoms in total. The number of hydrogen-bond acceptors (Lipinski definition) is 5. The lowest BCUT2D eigenvalue weighted by Gasteiger charge is -2.37. The van der Waals surface area contributed by atoms with E-state index >= 15 is 0 Å². The minimum atomic E-state index is -4.47. The molecule has 0 spiro atoms. The van der Waals surface area contributed by atoms with Crippen LogP contribution < -0.4 is 20.9 Å². The Morgan fingerprint density at radius 1 is 1.12 bits per heavy atom. The lowest BCUT2D eigenvalue weighted by molar-refractivity contribution is -0.137. The molecule has 2 atom stereocenters. The van der Waals surface area contributed by atoms with Gasteiger partial charge in [-0.2, -0.15) is 13.2 Å². The van der Waals surface area contributed by atoms with Crippen LogP contribution in [0.2, 0.25) is 5.02 Å². The second-order valence-corrected chi connectivity index (χ2v) is 8.72. The van der Waals surface area contributed by atoms with E-state index in [1.54, 1.807) is 11.1 Å². The van der Waals surface area contributed by atoms with Gasteiger partial charge in [0.25, 0.3) is 0 Å². The van der Waals surface area contributed by atoms with E-state index in [-0.39, 0.29) is 18.1 Å². The predicted molar refractivity (Wildman–Crippen MR) is 119 cm³/mol. The molecule has 0 bridgehead atoms. The molecular weight excluding hydrogens is 439 g/mol. The molecular formula is C23H23ClF3N5. The summed E-state index contributed by atoms with van der Waals surface area (Å²) in [5.41, 5.74) is 2.20. The van der Waals surface area contributed by atoms with Crippen LogP contribution in [-0.4, -0.2) is 23.9 Å². The number of pyridine rings is 1. The van der Waals surface area contributed by atoms with Gasteiger partial charge >= 0.3 is 6.18 Å². The minimum Gasteiger partial charge on any atom is -0.369 e.